The number of nitrogens with one attached hydrogen (secondary N) is 2. The Morgan fingerprint density at radius 1 is 1.00 bits per heavy atom. The number of rotatable bonds is 8. The predicted molar refractivity (Wildman–Crippen MR) is 96.2 cm³/mol. The monoisotopic (exact) mass is 342 g/mol. The average molecular weight is 342 g/mol. The number of benzene rings is 2. The summed E-state index contributed by atoms with van der Waals surface area (Å²) < 4.78 is 10.4. The molecule has 0 radical (unpaired) electrons. The molecule has 0 fully saturated rings. The van der Waals surface area contributed by atoms with Crippen molar-refractivity contribution in [2.24, 2.45) is 0 Å². The van der Waals surface area contributed by atoms with Gasteiger partial charge in [0.25, 0.3) is 5.91 Å². The highest BCUT2D eigenvalue weighted by atomic mass is 16.5. The van der Waals surface area contributed by atoms with Gasteiger partial charge in [0.15, 0.2) is 0 Å². The standard InChI is InChI=1S/C19H22N2O4/c1-24-15-10-11-16(17(13-15)25-2)21-18(22)9-6-12-20-19(23)14-7-4-3-5-8-14/h3-5,7-8,10-11,13H,6,9,12H2,1-2H3,(H,20,23)(H,21,22). The molecule has 0 saturated carbocycles. The lowest BCUT2D eigenvalue weighted by atomic mass is 10.2. The lowest BCUT2D eigenvalue weighted by Crippen LogP contribution is -2.25. The molecule has 0 atom stereocenters. The normalized spacial score (nSPS) is 10.0. The third-order valence-electron chi connectivity index (χ3n) is 3.58. The maximum absolute atomic E-state index is 12.0. The van der Waals surface area contributed by atoms with Gasteiger partial charge in [-0.25, -0.2) is 0 Å². The van der Waals surface area contributed by atoms with Crippen molar-refractivity contribution >= 4 is 17.5 Å². The van der Waals surface area contributed by atoms with Crippen molar-refractivity contribution in [1.29, 1.82) is 0 Å². The molecule has 132 valence electrons. The van der Waals surface area contributed by atoms with Gasteiger partial charge in [-0.1, -0.05) is 18.2 Å². The van der Waals surface area contributed by atoms with Crippen molar-refractivity contribution < 1.29 is 19.1 Å². The van der Waals surface area contributed by atoms with E-state index in [1.54, 1.807) is 37.4 Å². The molecule has 2 rings (SSSR count). The molecule has 2 N–H and O–H groups in total. The summed E-state index contributed by atoms with van der Waals surface area (Å²) in [5.74, 6) is 0.902. The van der Waals surface area contributed by atoms with Crippen LogP contribution in [0, 0.1) is 0 Å². The van der Waals surface area contributed by atoms with Crippen LogP contribution in [0.2, 0.25) is 0 Å². The Balaban J connectivity index is 1.77. The minimum Gasteiger partial charge on any atom is -0.497 e. The third kappa shape index (κ3) is 5.53. The Hall–Kier alpha value is -3.02. The van der Waals surface area contributed by atoms with E-state index in [2.05, 4.69) is 10.6 Å². The summed E-state index contributed by atoms with van der Waals surface area (Å²) in [4.78, 5) is 23.9. The van der Waals surface area contributed by atoms with E-state index in [1.165, 1.54) is 7.11 Å². The number of methoxy groups -OCH3 is 2. The number of amides is 2. The van der Waals surface area contributed by atoms with Crippen molar-refractivity contribution in [1.82, 2.24) is 5.32 Å². The summed E-state index contributed by atoms with van der Waals surface area (Å²) in [6.45, 7) is 0.431. The van der Waals surface area contributed by atoms with Crippen LogP contribution in [0.25, 0.3) is 0 Å². The van der Waals surface area contributed by atoms with Gasteiger partial charge in [-0.2, -0.15) is 0 Å². The Morgan fingerprint density at radius 3 is 2.44 bits per heavy atom. The van der Waals surface area contributed by atoms with Crippen molar-refractivity contribution in [2.45, 2.75) is 12.8 Å². The fraction of sp³-hybridized carbons (Fsp3) is 0.263. The molecule has 0 aromatic heterocycles. The summed E-state index contributed by atoms with van der Waals surface area (Å²) in [6, 6.07) is 14.2. The zero-order valence-electron chi connectivity index (χ0n) is 14.4. The lowest BCUT2D eigenvalue weighted by Gasteiger charge is -2.11. The highest BCUT2D eigenvalue weighted by Crippen LogP contribution is 2.29. The van der Waals surface area contributed by atoms with Crippen LogP contribution in [0.3, 0.4) is 0 Å². The van der Waals surface area contributed by atoms with E-state index in [0.29, 0.717) is 42.1 Å². The molecule has 0 unspecified atom stereocenters. The van der Waals surface area contributed by atoms with Gasteiger partial charge >= 0.3 is 0 Å². The van der Waals surface area contributed by atoms with Crippen LogP contribution in [-0.4, -0.2) is 32.6 Å². The lowest BCUT2D eigenvalue weighted by molar-refractivity contribution is -0.116. The minimum atomic E-state index is -0.141. The number of anilines is 1. The molecule has 25 heavy (non-hydrogen) atoms. The summed E-state index contributed by atoms with van der Waals surface area (Å²) in [6.07, 6.45) is 0.840. The zero-order chi connectivity index (χ0) is 18.1. The second kappa shape index (κ2) is 9.32. The fourth-order valence-electron chi connectivity index (χ4n) is 2.26. The molecule has 2 aromatic rings. The van der Waals surface area contributed by atoms with E-state index in [0.717, 1.165) is 0 Å². The molecule has 0 aliphatic heterocycles. The predicted octanol–water partition coefficient (Wildman–Crippen LogP) is 2.85. The van der Waals surface area contributed by atoms with Crippen LogP contribution < -0.4 is 20.1 Å². The molecule has 2 amide bonds. The topological polar surface area (TPSA) is 76.7 Å². The maximum Gasteiger partial charge on any atom is 0.251 e. The highest BCUT2D eigenvalue weighted by Gasteiger charge is 2.09. The maximum atomic E-state index is 12.0. The minimum absolute atomic E-state index is 0.141. The van der Waals surface area contributed by atoms with Crippen molar-refractivity contribution in [3.05, 3.63) is 54.1 Å². The van der Waals surface area contributed by atoms with Crippen molar-refractivity contribution in [3.8, 4) is 11.5 Å². The van der Waals surface area contributed by atoms with E-state index < -0.39 is 0 Å². The molecule has 0 bridgehead atoms. The molecule has 0 spiro atoms. The van der Waals surface area contributed by atoms with E-state index in [4.69, 9.17) is 9.47 Å². The van der Waals surface area contributed by atoms with E-state index in [1.807, 2.05) is 18.2 Å². The first-order chi connectivity index (χ1) is 12.1. The quantitative estimate of drug-likeness (QED) is 0.723. The summed E-state index contributed by atoms with van der Waals surface area (Å²) >= 11 is 0. The summed E-state index contributed by atoms with van der Waals surface area (Å²) in [7, 11) is 3.10. The number of hydrogen-bond donors (Lipinski definition) is 2. The molecule has 2 aromatic carbocycles. The molecule has 0 aliphatic carbocycles. The van der Waals surface area contributed by atoms with E-state index in [-0.39, 0.29) is 11.8 Å². The van der Waals surface area contributed by atoms with Gasteiger partial charge < -0.3 is 20.1 Å². The van der Waals surface area contributed by atoms with Gasteiger partial charge in [-0.15, -0.1) is 0 Å². The molecule has 0 aliphatic rings. The van der Waals surface area contributed by atoms with Crippen molar-refractivity contribution in [2.75, 3.05) is 26.1 Å². The van der Waals surface area contributed by atoms with Crippen LogP contribution in [0.1, 0.15) is 23.2 Å². The van der Waals surface area contributed by atoms with E-state index >= 15 is 0 Å². The Kier molecular flexibility index (Phi) is 6.83. The van der Waals surface area contributed by atoms with Crippen LogP contribution >= 0.6 is 0 Å². The van der Waals surface area contributed by atoms with Gasteiger partial charge in [-0.05, 0) is 30.7 Å². The molecule has 0 heterocycles. The fourth-order valence-corrected chi connectivity index (χ4v) is 2.26. The third-order valence-corrected chi connectivity index (χ3v) is 3.58. The number of hydrogen-bond acceptors (Lipinski definition) is 4. The van der Waals surface area contributed by atoms with Crippen molar-refractivity contribution in [3.63, 3.8) is 0 Å². The molecular formula is C19H22N2O4. The first kappa shape index (κ1) is 18.3. The first-order valence-corrected chi connectivity index (χ1v) is 7.99. The Morgan fingerprint density at radius 2 is 1.76 bits per heavy atom. The number of carbonyl (C=O) groups is 2. The van der Waals surface area contributed by atoms with Gasteiger partial charge in [0.1, 0.15) is 11.5 Å². The van der Waals surface area contributed by atoms with Gasteiger partial charge in [0, 0.05) is 24.6 Å². The number of ether oxygens (including phenoxy) is 2. The second-order valence-corrected chi connectivity index (χ2v) is 5.34. The molecule has 0 saturated heterocycles. The highest BCUT2D eigenvalue weighted by molar-refractivity contribution is 5.94. The zero-order valence-corrected chi connectivity index (χ0v) is 14.4. The van der Waals surface area contributed by atoms with E-state index in [9.17, 15) is 9.59 Å². The van der Waals surface area contributed by atoms with Gasteiger partial charge in [0.2, 0.25) is 5.91 Å². The average Bonchev–Trinajstić information content (AvgIpc) is 2.66. The molecular weight excluding hydrogens is 320 g/mol. The Bertz CT molecular complexity index is 717. The smallest absolute Gasteiger partial charge is 0.251 e. The van der Waals surface area contributed by atoms with Crippen LogP contribution in [0.4, 0.5) is 5.69 Å². The molecule has 6 nitrogen and oxygen atoms in total. The molecule has 6 heteroatoms. The van der Waals surface area contributed by atoms with Gasteiger partial charge in [-0.3, -0.25) is 9.59 Å². The number of carbonyl (C=O) groups excluding carboxylic acids is 2. The van der Waals surface area contributed by atoms with Gasteiger partial charge in [0.05, 0.1) is 19.9 Å². The van der Waals surface area contributed by atoms with Crippen LogP contribution in [0.15, 0.2) is 48.5 Å². The summed E-state index contributed by atoms with van der Waals surface area (Å²) in [5.41, 5.74) is 1.19. The Labute approximate surface area is 147 Å². The van der Waals surface area contributed by atoms with Crippen LogP contribution in [0.5, 0.6) is 11.5 Å². The summed E-state index contributed by atoms with van der Waals surface area (Å²) in [5, 5.41) is 5.60. The first-order valence-electron chi connectivity index (χ1n) is 7.99. The van der Waals surface area contributed by atoms with Crippen LogP contribution in [-0.2, 0) is 4.79 Å². The largest absolute Gasteiger partial charge is 0.497 e. The second-order valence-electron chi connectivity index (χ2n) is 5.34. The SMILES string of the molecule is COc1ccc(NC(=O)CCCNC(=O)c2ccccc2)c(OC)c1.